The average Bonchev–Trinajstić information content (AvgIpc) is 2.81. The second kappa shape index (κ2) is 9.96. The van der Waals surface area contributed by atoms with Crippen molar-refractivity contribution in [1.29, 1.82) is 0 Å². The van der Waals surface area contributed by atoms with Gasteiger partial charge in [-0.25, -0.2) is 9.78 Å². The lowest BCUT2D eigenvalue weighted by atomic mass is 9.79. The van der Waals surface area contributed by atoms with E-state index in [-0.39, 0.29) is 11.7 Å². The van der Waals surface area contributed by atoms with Crippen molar-refractivity contribution in [2.24, 2.45) is 0 Å². The molecule has 1 aromatic carbocycles. The predicted octanol–water partition coefficient (Wildman–Crippen LogP) is 5.55. The minimum Gasteiger partial charge on any atom is -0.476 e. The monoisotopic (exact) mass is 451 g/mol. The first kappa shape index (κ1) is 22.6. The Bertz CT molecular complexity index is 1020. The molecule has 178 valence electrons. The summed E-state index contributed by atoms with van der Waals surface area (Å²) in [4.78, 5) is 32.1. The number of carbonyl (C=O) groups is 1. The Balaban J connectivity index is 1.46. The van der Waals surface area contributed by atoms with Crippen LogP contribution in [0.3, 0.4) is 0 Å². The van der Waals surface area contributed by atoms with Crippen molar-refractivity contribution >= 4 is 17.0 Å². The van der Waals surface area contributed by atoms with E-state index in [0.717, 1.165) is 18.4 Å². The molecule has 2 aliphatic heterocycles. The normalized spacial score (nSPS) is 27.9. The number of para-hydroxylation sites is 2. The number of aromatic nitrogens is 2. The number of nitrogens with zero attached hydrogens (tertiary/aromatic N) is 3. The highest BCUT2D eigenvalue weighted by Gasteiger charge is 2.42. The molecule has 0 amide bonds. The number of fused-ring (bicyclic) bond motifs is 3. The summed E-state index contributed by atoms with van der Waals surface area (Å²) in [5.74, 6) is -1.24. The lowest BCUT2D eigenvalue weighted by Crippen LogP contribution is -2.57. The number of hydrogen-bond acceptors (Lipinski definition) is 4. The molecule has 3 heterocycles. The molecule has 0 radical (unpaired) electrons. The highest BCUT2D eigenvalue weighted by Crippen LogP contribution is 2.42. The molecule has 1 aliphatic carbocycles. The Hall–Kier alpha value is -2.21. The van der Waals surface area contributed by atoms with Crippen LogP contribution in [-0.2, 0) is 0 Å². The van der Waals surface area contributed by atoms with Crippen LogP contribution in [0.2, 0.25) is 0 Å². The molecule has 2 atom stereocenters. The summed E-state index contributed by atoms with van der Waals surface area (Å²) in [5, 5.41) is 9.63. The summed E-state index contributed by atoms with van der Waals surface area (Å²) in [5.41, 5.74) is 0.558. The first-order valence-electron chi connectivity index (χ1n) is 13.2. The molecule has 2 bridgehead atoms. The van der Waals surface area contributed by atoms with Gasteiger partial charge in [0, 0.05) is 24.2 Å². The number of piperidine rings is 2. The number of aromatic carboxylic acids is 1. The second-order valence-corrected chi connectivity index (χ2v) is 10.4. The van der Waals surface area contributed by atoms with Gasteiger partial charge in [-0.1, -0.05) is 63.5 Å². The van der Waals surface area contributed by atoms with Crippen LogP contribution >= 0.6 is 0 Å². The average molecular weight is 452 g/mol. The molecule has 2 unspecified atom stereocenters. The molecule has 3 fully saturated rings. The molecule has 6 nitrogen and oxygen atoms in total. The van der Waals surface area contributed by atoms with Gasteiger partial charge in [0.25, 0.3) is 5.56 Å². The van der Waals surface area contributed by atoms with Gasteiger partial charge in [0.2, 0.25) is 5.69 Å². The van der Waals surface area contributed by atoms with E-state index in [1.807, 2.05) is 24.3 Å². The van der Waals surface area contributed by atoms with E-state index >= 15 is 0 Å². The zero-order valence-corrected chi connectivity index (χ0v) is 19.6. The molecular weight excluding hydrogens is 414 g/mol. The highest BCUT2D eigenvalue weighted by atomic mass is 16.4. The summed E-state index contributed by atoms with van der Waals surface area (Å²) >= 11 is 0. The van der Waals surface area contributed by atoms with Gasteiger partial charge in [-0.3, -0.25) is 9.69 Å². The minimum absolute atomic E-state index is 0.0367. The van der Waals surface area contributed by atoms with Crippen molar-refractivity contribution in [3.63, 3.8) is 0 Å². The third-order valence-corrected chi connectivity index (χ3v) is 8.37. The fraction of sp³-hybridized carbons (Fsp3) is 0.667. The van der Waals surface area contributed by atoms with Gasteiger partial charge in [0.1, 0.15) is 0 Å². The van der Waals surface area contributed by atoms with Gasteiger partial charge in [0.05, 0.1) is 11.0 Å². The smallest absolute Gasteiger partial charge is 0.360 e. The van der Waals surface area contributed by atoms with Gasteiger partial charge < -0.3 is 9.67 Å². The maximum Gasteiger partial charge on any atom is 0.360 e. The number of benzene rings is 1. The van der Waals surface area contributed by atoms with E-state index in [2.05, 4.69) is 9.88 Å². The summed E-state index contributed by atoms with van der Waals surface area (Å²) in [7, 11) is 0. The largest absolute Gasteiger partial charge is 0.476 e. The van der Waals surface area contributed by atoms with Crippen molar-refractivity contribution in [1.82, 2.24) is 14.5 Å². The predicted molar refractivity (Wildman–Crippen MR) is 130 cm³/mol. The lowest BCUT2D eigenvalue weighted by molar-refractivity contribution is -0.0239. The second-order valence-electron chi connectivity index (χ2n) is 10.4. The van der Waals surface area contributed by atoms with Gasteiger partial charge in [-0.05, 0) is 50.7 Å². The van der Waals surface area contributed by atoms with Gasteiger partial charge in [-0.15, -0.1) is 0 Å². The van der Waals surface area contributed by atoms with Crippen LogP contribution in [0.25, 0.3) is 11.0 Å². The first-order valence-corrected chi connectivity index (χ1v) is 13.2. The van der Waals surface area contributed by atoms with Gasteiger partial charge in [0.15, 0.2) is 0 Å². The van der Waals surface area contributed by atoms with Gasteiger partial charge >= 0.3 is 5.97 Å². The Morgan fingerprint density at radius 2 is 1.36 bits per heavy atom. The first-order chi connectivity index (χ1) is 16.1. The molecule has 3 aliphatic rings. The third-order valence-electron chi connectivity index (χ3n) is 8.37. The summed E-state index contributed by atoms with van der Waals surface area (Å²) in [6, 6.07) is 9.18. The van der Waals surface area contributed by atoms with Crippen molar-refractivity contribution < 1.29 is 9.90 Å². The third kappa shape index (κ3) is 4.59. The molecular formula is C27H37N3O3. The van der Waals surface area contributed by atoms with Crippen LogP contribution in [0.1, 0.15) is 106 Å². The van der Waals surface area contributed by atoms with Crippen LogP contribution in [0.4, 0.5) is 0 Å². The standard InChI is InChI=1S/C27H37N3O3/c31-26-25(27(32)33)28-23-15-8-9-16-24(23)30(26)22-17-20-13-10-14-21(18-22)29(20)19-11-6-4-2-1-3-5-7-12-19/h8-9,15-16,19-22H,1-7,10-14,17-18H2,(H,32,33). The molecule has 1 aromatic heterocycles. The Morgan fingerprint density at radius 3 is 2.00 bits per heavy atom. The van der Waals surface area contributed by atoms with E-state index < -0.39 is 11.5 Å². The van der Waals surface area contributed by atoms with E-state index in [4.69, 9.17) is 0 Å². The quantitative estimate of drug-likeness (QED) is 0.662. The lowest BCUT2D eigenvalue weighted by Gasteiger charge is -2.53. The fourth-order valence-corrected chi connectivity index (χ4v) is 6.94. The number of carboxylic acids is 1. The van der Waals surface area contributed by atoms with E-state index in [9.17, 15) is 14.7 Å². The molecule has 2 aromatic rings. The van der Waals surface area contributed by atoms with E-state index in [1.54, 1.807) is 4.57 Å². The fourth-order valence-electron chi connectivity index (χ4n) is 6.94. The molecule has 33 heavy (non-hydrogen) atoms. The zero-order valence-electron chi connectivity index (χ0n) is 19.6. The number of rotatable bonds is 3. The van der Waals surface area contributed by atoms with Crippen molar-refractivity contribution in [3.8, 4) is 0 Å². The minimum atomic E-state index is -1.24. The zero-order chi connectivity index (χ0) is 22.8. The van der Waals surface area contributed by atoms with Crippen LogP contribution in [0.15, 0.2) is 29.1 Å². The van der Waals surface area contributed by atoms with Crippen LogP contribution in [0.5, 0.6) is 0 Å². The maximum absolute atomic E-state index is 13.3. The van der Waals surface area contributed by atoms with Crippen molar-refractivity contribution in [2.75, 3.05) is 0 Å². The summed E-state index contributed by atoms with van der Waals surface area (Å²) < 4.78 is 1.78. The molecule has 0 spiro atoms. The van der Waals surface area contributed by atoms with Crippen LogP contribution in [0, 0.1) is 0 Å². The molecule has 1 saturated carbocycles. The molecule has 6 heteroatoms. The molecule has 1 N–H and O–H groups in total. The van der Waals surface area contributed by atoms with Gasteiger partial charge in [-0.2, -0.15) is 0 Å². The SMILES string of the molecule is O=C(O)c1nc2ccccc2n(C2CC3CCCC(C2)N3C2CCCCCCCCC2)c1=O. The Morgan fingerprint density at radius 1 is 0.788 bits per heavy atom. The van der Waals surface area contributed by atoms with Crippen LogP contribution in [-0.4, -0.2) is 43.7 Å². The number of carboxylic acid groups (broad SMARTS) is 1. The highest BCUT2D eigenvalue weighted by molar-refractivity contribution is 5.88. The van der Waals surface area contributed by atoms with Crippen LogP contribution < -0.4 is 5.56 Å². The Labute approximate surface area is 196 Å². The van der Waals surface area contributed by atoms with Crippen molar-refractivity contribution in [2.45, 2.75) is 114 Å². The Kier molecular flexibility index (Phi) is 6.81. The van der Waals surface area contributed by atoms with Crippen molar-refractivity contribution in [3.05, 3.63) is 40.3 Å². The number of hydrogen-bond donors (Lipinski definition) is 1. The summed E-state index contributed by atoms with van der Waals surface area (Å²) in [6.07, 6.45) is 17.7. The van der Waals surface area contributed by atoms with E-state index in [1.165, 1.54) is 77.0 Å². The maximum atomic E-state index is 13.3. The molecule has 2 saturated heterocycles. The summed E-state index contributed by atoms with van der Waals surface area (Å²) in [6.45, 7) is 0. The molecule has 5 rings (SSSR count). The van der Waals surface area contributed by atoms with E-state index in [0.29, 0.717) is 23.6 Å². The topological polar surface area (TPSA) is 75.4 Å².